The molecular formula is C11H11NO. The topological polar surface area (TPSA) is 40.9 Å². The number of carbonyl (C=O) groups is 1. The van der Waals surface area contributed by atoms with Gasteiger partial charge in [-0.2, -0.15) is 5.26 Å². The summed E-state index contributed by atoms with van der Waals surface area (Å²) < 4.78 is 0. The average molecular weight is 173 g/mol. The molecule has 0 saturated heterocycles. The van der Waals surface area contributed by atoms with Crippen molar-refractivity contribution in [2.75, 3.05) is 0 Å². The molecule has 0 bridgehead atoms. The first-order valence-electron chi connectivity index (χ1n) is 4.23. The molecule has 0 fully saturated rings. The summed E-state index contributed by atoms with van der Waals surface area (Å²) >= 11 is 0. The fourth-order valence-electron chi connectivity index (χ4n) is 1.24. The molecule has 2 heteroatoms. The number of hydrogen-bond donors (Lipinski definition) is 0. The lowest BCUT2D eigenvalue weighted by molar-refractivity contribution is 0.0987. The van der Waals surface area contributed by atoms with Crippen molar-refractivity contribution in [3.8, 4) is 6.07 Å². The highest BCUT2D eigenvalue weighted by Gasteiger charge is 2.06. The Kier molecular flexibility index (Phi) is 2.81. The van der Waals surface area contributed by atoms with Gasteiger partial charge in [0.2, 0.25) is 0 Å². The lowest BCUT2D eigenvalue weighted by atomic mass is 10.0. The molecule has 1 rings (SSSR count). The molecule has 1 aromatic rings. The predicted octanol–water partition coefficient (Wildman–Crippen LogP) is 2.46. The monoisotopic (exact) mass is 173 g/mol. The summed E-state index contributed by atoms with van der Waals surface area (Å²) in [5.41, 5.74) is 2.21. The van der Waals surface area contributed by atoms with Crippen LogP contribution in [0.4, 0.5) is 0 Å². The van der Waals surface area contributed by atoms with E-state index >= 15 is 0 Å². The number of nitriles is 1. The molecule has 1 aromatic carbocycles. The average Bonchev–Trinajstić information content (AvgIpc) is 2.16. The van der Waals surface area contributed by atoms with E-state index in [2.05, 4.69) is 0 Å². The van der Waals surface area contributed by atoms with E-state index in [0.29, 0.717) is 12.0 Å². The number of nitrogens with zero attached hydrogens (tertiary/aromatic N) is 1. The minimum Gasteiger partial charge on any atom is -0.294 e. The molecular weight excluding hydrogens is 162 g/mol. The summed E-state index contributed by atoms with van der Waals surface area (Å²) in [6.45, 7) is 3.68. The van der Waals surface area contributed by atoms with E-state index in [-0.39, 0.29) is 5.78 Å². The van der Waals surface area contributed by atoms with Gasteiger partial charge < -0.3 is 0 Å². The number of aryl methyl sites for hydroxylation is 1. The first-order chi connectivity index (χ1) is 6.19. The van der Waals surface area contributed by atoms with Crippen LogP contribution in [-0.2, 0) is 0 Å². The van der Waals surface area contributed by atoms with Gasteiger partial charge in [-0.25, -0.2) is 0 Å². The molecule has 0 aliphatic carbocycles. The van der Waals surface area contributed by atoms with E-state index in [0.717, 1.165) is 11.1 Å². The zero-order valence-corrected chi connectivity index (χ0v) is 7.79. The molecule has 0 saturated carbocycles. The van der Waals surface area contributed by atoms with Gasteiger partial charge in [-0.1, -0.05) is 6.92 Å². The second-order valence-corrected chi connectivity index (χ2v) is 2.92. The van der Waals surface area contributed by atoms with Gasteiger partial charge in [0, 0.05) is 12.0 Å². The summed E-state index contributed by atoms with van der Waals surface area (Å²) in [6.07, 6.45) is 0.507. The van der Waals surface area contributed by atoms with Crippen LogP contribution >= 0.6 is 0 Å². The number of ketones is 1. The molecule has 66 valence electrons. The van der Waals surface area contributed by atoms with Crippen molar-refractivity contribution in [3.63, 3.8) is 0 Å². The van der Waals surface area contributed by atoms with Gasteiger partial charge in [-0.05, 0) is 30.7 Å². The second-order valence-electron chi connectivity index (χ2n) is 2.92. The van der Waals surface area contributed by atoms with Gasteiger partial charge >= 0.3 is 0 Å². The van der Waals surface area contributed by atoms with Gasteiger partial charge in [0.1, 0.15) is 0 Å². The zero-order valence-electron chi connectivity index (χ0n) is 7.79. The molecule has 13 heavy (non-hydrogen) atoms. The van der Waals surface area contributed by atoms with E-state index in [4.69, 9.17) is 5.26 Å². The van der Waals surface area contributed by atoms with Crippen molar-refractivity contribution >= 4 is 5.78 Å². The maximum absolute atomic E-state index is 11.4. The van der Waals surface area contributed by atoms with E-state index < -0.39 is 0 Å². The van der Waals surface area contributed by atoms with Crippen LogP contribution in [0.3, 0.4) is 0 Å². The largest absolute Gasteiger partial charge is 0.294 e. The van der Waals surface area contributed by atoms with Crippen LogP contribution in [0.1, 0.15) is 34.8 Å². The minimum atomic E-state index is 0.127. The number of rotatable bonds is 2. The Bertz CT molecular complexity index is 374. The second kappa shape index (κ2) is 3.86. The summed E-state index contributed by atoms with van der Waals surface area (Å²) in [4.78, 5) is 11.4. The lowest BCUT2D eigenvalue weighted by Gasteiger charge is -2.02. The van der Waals surface area contributed by atoms with Crippen molar-refractivity contribution in [1.82, 2.24) is 0 Å². The summed E-state index contributed by atoms with van der Waals surface area (Å²) in [5, 5.41) is 8.61. The summed E-state index contributed by atoms with van der Waals surface area (Å²) in [5.74, 6) is 0.127. The Balaban J connectivity index is 3.14. The van der Waals surface area contributed by atoms with Crippen molar-refractivity contribution < 1.29 is 4.79 Å². The Morgan fingerprint density at radius 2 is 2.23 bits per heavy atom. The van der Waals surface area contributed by atoms with Crippen molar-refractivity contribution in [2.45, 2.75) is 20.3 Å². The Labute approximate surface area is 77.8 Å². The van der Waals surface area contributed by atoms with Crippen molar-refractivity contribution in [1.29, 1.82) is 5.26 Å². The van der Waals surface area contributed by atoms with Crippen LogP contribution in [0.5, 0.6) is 0 Å². The smallest absolute Gasteiger partial charge is 0.162 e. The SMILES string of the molecule is CCC(=O)c1ccc(C#N)cc1C. The van der Waals surface area contributed by atoms with Crippen LogP contribution in [0.2, 0.25) is 0 Å². The number of carbonyl (C=O) groups excluding carboxylic acids is 1. The third-order valence-corrected chi connectivity index (χ3v) is 1.98. The fourth-order valence-corrected chi connectivity index (χ4v) is 1.24. The lowest BCUT2D eigenvalue weighted by Crippen LogP contribution is -1.99. The predicted molar refractivity (Wildman–Crippen MR) is 50.5 cm³/mol. The highest BCUT2D eigenvalue weighted by atomic mass is 16.1. The van der Waals surface area contributed by atoms with E-state index in [1.807, 2.05) is 19.9 Å². The molecule has 0 unspecified atom stereocenters. The van der Waals surface area contributed by atoms with E-state index in [9.17, 15) is 4.79 Å². The standard InChI is InChI=1S/C11H11NO/c1-3-11(13)10-5-4-9(7-12)6-8(10)2/h4-6H,3H2,1-2H3. The molecule has 0 aliphatic rings. The van der Waals surface area contributed by atoms with E-state index in [1.165, 1.54) is 0 Å². The Morgan fingerprint density at radius 3 is 2.69 bits per heavy atom. The van der Waals surface area contributed by atoms with Gasteiger partial charge in [0.15, 0.2) is 5.78 Å². The molecule has 0 aromatic heterocycles. The molecule has 0 amide bonds. The number of benzene rings is 1. The van der Waals surface area contributed by atoms with Crippen molar-refractivity contribution in [2.24, 2.45) is 0 Å². The number of Topliss-reactive ketones (excluding diaryl/α,β-unsaturated/α-hetero) is 1. The molecule has 0 radical (unpaired) electrons. The van der Waals surface area contributed by atoms with Crippen LogP contribution in [0, 0.1) is 18.3 Å². The van der Waals surface area contributed by atoms with Gasteiger partial charge in [-0.3, -0.25) is 4.79 Å². The molecule has 0 N–H and O–H groups in total. The van der Waals surface area contributed by atoms with Gasteiger partial charge in [0.05, 0.1) is 11.6 Å². The van der Waals surface area contributed by atoms with Crippen LogP contribution in [0.15, 0.2) is 18.2 Å². The van der Waals surface area contributed by atoms with Crippen LogP contribution in [-0.4, -0.2) is 5.78 Å². The third kappa shape index (κ3) is 1.94. The highest BCUT2D eigenvalue weighted by molar-refractivity contribution is 5.97. The quantitative estimate of drug-likeness (QED) is 0.644. The van der Waals surface area contributed by atoms with Crippen LogP contribution in [0.25, 0.3) is 0 Å². The molecule has 0 spiro atoms. The van der Waals surface area contributed by atoms with Crippen molar-refractivity contribution in [3.05, 3.63) is 34.9 Å². The highest BCUT2D eigenvalue weighted by Crippen LogP contribution is 2.12. The first-order valence-corrected chi connectivity index (χ1v) is 4.23. The third-order valence-electron chi connectivity index (χ3n) is 1.98. The summed E-state index contributed by atoms with van der Waals surface area (Å²) in [6, 6.07) is 7.18. The Hall–Kier alpha value is -1.62. The Morgan fingerprint density at radius 1 is 1.54 bits per heavy atom. The first kappa shape index (κ1) is 9.47. The fraction of sp³-hybridized carbons (Fsp3) is 0.273. The number of hydrogen-bond acceptors (Lipinski definition) is 2. The van der Waals surface area contributed by atoms with Gasteiger partial charge in [-0.15, -0.1) is 0 Å². The summed E-state index contributed by atoms with van der Waals surface area (Å²) in [7, 11) is 0. The minimum absolute atomic E-state index is 0.127. The van der Waals surface area contributed by atoms with E-state index in [1.54, 1.807) is 18.2 Å². The molecule has 0 atom stereocenters. The maximum Gasteiger partial charge on any atom is 0.162 e. The molecule has 0 aliphatic heterocycles. The zero-order chi connectivity index (χ0) is 9.84. The molecule has 2 nitrogen and oxygen atoms in total. The van der Waals surface area contributed by atoms with Crippen LogP contribution < -0.4 is 0 Å². The normalized spacial score (nSPS) is 9.31. The molecule has 0 heterocycles. The maximum atomic E-state index is 11.4. The van der Waals surface area contributed by atoms with Gasteiger partial charge in [0.25, 0.3) is 0 Å².